The van der Waals surface area contributed by atoms with Crippen molar-refractivity contribution in [1.29, 1.82) is 0 Å². The first-order valence-corrected chi connectivity index (χ1v) is 11.0. The maximum atomic E-state index is 12.6. The smallest absolute Gasteiger partial charge is 0.225 e. The Bertz CT molecular complexity index is 513. The van der Waals surface area contributed by atoms with Gasteiger partial charge in [-0.25, -0.2) is 0 Å². The number of rotatable bonds is 5. The topological polar surface area (TPSA) is 60.0 Å². The molecule has 3 atom stereocenters. The molecule has 3 rings (SSSR count). The molecule has 0 aromatic rings. The molecule has 1 aliphatic carbocycles. The lowest BCUT2D eigenvalue weighted by Gasteiger charge is -2.35. The summed E-state index contributed by atoms with van der Waals surface area (Å²) in [5.41, 5.74) is 0. The van der Waals surface area contributed by atoms with Crippen LogP contribution < -0.4 is 10.6 Å². The van der Waals surface area contributed by atoms with Gasteiger partial charge in [0.2, 0.25) is 5.91 Å². The van der Waals surface area contributed by atoms with Crippen LogP contribution in [-0.2, 0) is 4.79 Å². The Morgan fingerprint density at radius 1 is 1.07 bits per heavy atom. The zero-order chi connectivity index (χ0) is 19.2. The Morgan fingerprint density at radius 3 is 2.39 bits per heavy atom. The number of likely N-dealkylation sites (tertiary alicyclic amines) is 2. The van der Waals surface area contributed by atoms with E-state index in [2.05, 4.69) is 39.3 Å². The lowest BCUT2D eigenvalue weighted by Crippen LogP contribution is -2.48. The fraction of sp³-hybridized carbons (Fsp3) is 0.905. The third kappa shape index (κ3) is 6.75. The molecule has 0 aromatic heterocycles. The molecule has 6 nitrogen and oxygen atoms in total. The van der Waals surface area contributed by atoms with Crippen LogP contribution in [0.15, 0.2) is 4.99 Å². The van der Waals surface area contributed by atoms with Gasteiger partial charge in [-0.1, -0.05) is 26.7 Å². The summed E-state index contributed by atoms with van der Waals surface area (Å²) in [5, 5.41) is 6.99. The molecule has 2 heterocycles. The lowest BCUT2D eigenvalue weighted by molar-refractivity contribution is -0.134. The number of piperidine rings is 1. The first-order valence-electron chi connectivity index (χ1n) is 11.0. The van der Waals surface area contributed by atoms with E-state index in [1.165, 1.54) is 32.4 Å². The molecule has 1 amide bonds. The van der Waals surface area contributed by atoms with Crippen molar-refractivity contribution < 1.29 is 4.79 Å². The standard InChI is InChI=1S/C21H39N5O.HI/c1-16-12-17(2)14-25(13-16)11-9-23-21(22-3)24-19-8-10-26(15-19)20(27)18-6-4-5-7-18;/h16-19H,4-15H2,1-3H3,(H2,22,23,24);1H. The summed E-state index contributed by atoms with van der Waals surface area (Å²) in [6, 6.07) is 0.316. The summed E-state index contributed by atoms with van der Waals surface area (Å²) >= 11 is 0. The van der Waals surface area contributed by atoms with Crippen molar-refractivity contribution in [3.63, 3.8) is 0 Å². The van der Waals surface area contributed by atoms with Crippen LogP contribution >= 0.6 is 24.0 Å². The highest BCUT2D eigenvalue weighted by Gasteiger charge is 2.32. The van der Waals surface area contributed by atoms with Crippen molar-refractivity contribution in [2.75, 3.05) is 46.3 Å². The van der Waals surface area contributed by atoms with E-state index in [9.17, 15) is 4.79 Å². The summed E-state index contributed by atoms with van der Waals surface area (Å²) in [6.45, 7) is 10.8. The fourth-order valence-corrected chi connectivity index (χ4v) is 5.20. The van der Waals surface area contributed by atoms with E-state index >= 15 is 0 Å². The van der Waals surface area contributed by atoms with E-state index in [4.69, 9.17) is 0 Å². The lowest BCUT2D eigenvalue weighted by atomic mass is 9.92. The van der Waals surface area contributed by atoms with E-state index < -0.39 is 0 Å². The summed E-state index contributed by atoms with van der Waals surface area (Å²) < 4.78 is 0. The third-order valence-corrected chi connectivity index (χ3v) is 6.43. The van der Waals surface area contributed by atoms with E-state index in [1.807, 2.05) is 7.05 Å². The van der Waals surface area contributed by atoms with Crippen molar-refractivity contribution >= 4 is 35.8 Å². The van der Waals surface area contributed by atoms with Gasteiger partial charge in [0.1, 0.15) is 0 Å². The van der Waals surface area contributed by atoms with Crippen LogP contribution in [0, 0.1) is 17.8 Å². The number of aliphatic imine (C=N–C) groups is 1. The van der Waals surface area contributed by atoms with Gasteiger partial charge in [-0.3, -0.25) is 9.79 Å². The first kappa shape index (κ1) is 23.7. The number of halogens is 1. The highest BCUT2D eigenvalue weighted by molar-refractivity contribution is 14.0. The fourth-order valence-electron chi connectivity index (χ4n) is 5.20. The van der Waals surface area contributed by atoms with Crippen LogP contribution in [0.25, 0.3) is 0 Å². The predicted octanol–water partition coefficient (Wildman–Crippen LogP) is 2.54. The van der Waals surface area contributed by atoms with Crippen molar-refractivity contribution in [1.82, 2.24) is 20.4 Å². The van der Waals surface area contributed by atoms with Gasteiger partial charge in [0.05, 0.1) is 0 Å². The minimum absolute atomic E-state index is 0. The molecule has 3 fully saturated rings. The molecular weight excluding hydrogens is 465 g/mol. The van der Waals surface area contributed by atoms with Gasteiger partial charge in [-0.2, -0.15) is 0 Å². The molecule has 162 valence electrons. The van der Waals surface area contributed by atoms with E-state index in [1.54, 1.807) is 0 Å². The van der Waals surface area contributed by atoms with Crippen LogP contribution in [0.2, 0.25) is 0 Å². The van der Waals surface area contributed by atoms with Crippen LogP contribution in [0.5, 0.6) is 0 Å². The molecule has 0 aromatic carbocycles. The molecule has 3 aliphatic rings. The number of hydrogen-bond donors (Lipinski definition) is 2. The molecule has 2 aliphatic heterocycles. The molecule has 1 saturated carbocycles. The van der Waals surface area contributed by atoms with Gasteiger partial charge in [0.15, 0.2) is 5.96 Å². The number of carbonyl (C=O) groups excluding carboxylic acids is 1. The number of nitrogens with one attached hydrogen (secondary N) is 2. The van der Waals surface area contributed by atoms with Crippen LogP contribution in [0.1, 0.15) is 52.4 Å². The maximum absolute atomic E-state index is 12.6. The first-order chi connectivity index (χ1) is 13.0. The zero-order valence-corrected chi connectivity index (χ0v) is 20.3. The van der Waals surface area contributed by atoms with E-state index in [0.717, 1.165) is 63.2 Å². The maximum Gasteiger partial charge on any atom is 0.225 e. The Labute approximate surface area is 188 Å². The largest absolute Gasteiger partial charge is 0.355 e. The Balaban J connectivity index is 0.00000280. The monoisotopic (exact) mass is 505 g/mol. The summed E-state index contributed by atoms with van der Waals surface area (Å²) in [4.78, 5) is 21.6. The molecule has 2 saturated heterocycles. The summed E-state index contributed by atoms with van der Waals surface area (Å²) in [5.74, 6) is 3.14. The van der Waals surface area contributed by atoms with Crippen molar-refractivity contribution in [2.45, 2.75) is 58.4 Å². The number of guanidine groups is 1. The second kappa shape index (κ2) is 11.6. The third-order valence-electron chi connectivity index (χ3n) is 6.43. The Kier molecular flexibility index (Phi) is 9.80. The molecular formula is C21H40IN5O. The molecule has 0 bridgehead atoms. The number of amides is 1. The van der Waals surface area contributed by atoms with Gasteiger partial charge in [0.25, 0.3) is 0 Å². The Hall–Kier alpha value is -0.570. The molecule has 2 N–H and O–H groups in total. The van der Waals surface area contributed by atoms with Crippen LogP contribution in [0.4, 0.5) is 0 Å². The van der Waals surface area contributed by atoms with Gasteiger partial charge in [-0.05, 0) is 37.5 Å². The Morgan fingerprint density at radius 2 is 1.75 bits per heavy atom. The molecule has 7 heteroatoms. The van der Waals surface area contributed by atoms with Gasteiger partial charge < -0.3 is 20.4 Å². The summed E-state index contributed by atoms with van der Waals surface area (Å²) in [6.07, 6.45) is 6.98. The highest BCUT2D eigenvalue weighted by Crippen LogP contribution is 2.27. The minimum atomic E-state index is 0. The number of carbonyl (C=O) groups is 1. The molecule has 3 unspecified atom stereocenters. The molecule has 0 spiro atoms. The van der Waals surface area contributed by atoms with Gasteiger partial charge in [-0.15, -0.1) is 24.0 Å². The average Bonchev–Trinajstić information content (AvgIpc) is 3.31. The quantitative estimate of drug-likeness (QED) is 0.343. The van der Waals surface area contributed by atoms with E-state index in [-0.39, 0.29) is 29.9 Å². The second-order valence-electron chi connectivity index (χ2n) is 9.10. The average molecular weight is 505 g/mol. The van der Waals surface area contributed by atoms with Crippen LogP contribution in [0.3, 0.4) is 0 Å². The molecule has 28 heavy (non-hydrogen) atoms. The minimum Gasteiger partial charge on any atom is -0.355 e. The number of hydrogen-bond acceptors (Lipinski definition) is 3. The van der Waals surface area contributed by atoms with Crippen molar-refractivity contribution in [3.05, 3.63) is 0 Å². The van der Waals surface area contributed by atoms with Crippen molar-refractivity contribution in [3.8, 4) is 0 Å². The van der Waals surface area contributed by atoms with Crippen LogP contribution in [-0.4, -0.2) is 74.0 Å². The number of nitrogens with zero attached hydrogens (tertiary/aromatic N) is 3. The predicted molar refractivity (Wildman–Crippen MR) is 126 cm³/mol. The zero-order valence-electron chi connectivity index (χ0n) is 18.0. The highest BCUT2D eigenvalue weighted by atomic mass is 127. The van der Waals surface area contributed by atoms with Crippen molar-refractivity contribution in [2.24, 2.45) is 22.7 Å². The van der Waals surface area contributed by atoms with E-state index in [0.29, 0.717) is 11.9 Å². The van der Waals surface area contributed by atoms with Gasteiger partial charge in [0, 0.05) is 58.3 Å². The molecule has 0 radical (unpaired) electrons. The summed E-state index contributed by atoms with van der Waals surface area (Å²) in [7, 11) is 1.83. The second-order valence-corrected chi connectivity index (χ2v) is 9.10. The van der Waals surface area contributed by atoms with Gasteiger partial charge >= 0.3 is 0 Å². The SMILES string of the molecule is CN=C(NCCN1CC(C)CC(C)C1)NC1CCN(C(=O)C2CCCC2)C1.I. The normalized spacial score (nSPS) is 29.6.